The van der Waals surface area contributed by atoms with Crippen LogP contribution in [0, 0.1) is 0 Å². The Hall–Kier alpha value is -2.25. The minimum absolute atomic E-state index is 0.304. The van der Waals surface area contributed by atoms with Crippen molar-refractivity contribution in [3.8, 4) is 0 Å². The van der Waals surface area contributed by atoms with Crippen LogP contribution in [-0.4, -0.2) is 25.2 Å². The third-order valence-electron chi connectivity index (χ3n) is 3.42. The largest absolute Gasteiger partial charge is 0.465 e. The summed E-state index contributed by atoms with van der Waals surface area (Å²) in [6.07, 6.45) is 1.98. The van der Waals surface area contributed by atoms with Crippen molar-refractivity contribution in [1.29, 1.82) is 0 Å². The van der Waals surface area contributed by atoms with E-state index in [0.717, 1.165) is 22.3 Å². The van der Waals surface area contributed by atoms with Gasteiger partial charge in [-0.3, -0.25) is 4.79 Å². The standard InChI is InChI=1S/C17H15NO4S2/c1-21-17(20)13-7-8-14(24-13)18-16(19)15-11(9-23-2)10-5-3-4-6-12(10)22-15/h3-8H,9H2,1-2H3,(H,18,19). The summed E-state index contributed by atoms with van der Waals surface area (Å²) in [5.41, 5.74) is 1.56. The van der Waals surface area contributed by atoms with E-state index >= 15 is 0 Å². The molecule has 3 aromatic rings. The van der Waals surface area contributed by atoms with Crippen LogP contribution >= 0.6 is 23.1 Å². The number of esters is 1. The summed E-state index contributed by atoms with van der Waals surface area (Å²) in [6.45, 7) is 0. The number of ether oxygens (including phenoxy) is 1. The van der Waals surface area contributed by atoms with Gasteiger partial charge in [-0.25, -0.2) is 4.79 Å². The van der Waals surface area contributed by atoms with Crippen LogP contribution in [0.3, 0.4) is 0 Å². The quantitative estimate of drug-likeness (QED) is 0.682. The van der Waals surface area contributed by atoms with Gasteiger partial charge in [0.15, 0.2) is 5.76 Å². The molecule has 0 fully saturated rings. The number of carbonyl (C=O) groups excluding carboxylic acids is 2. The van der Waals surface area contributed by atoms with Gasteiger partial charge in [-0.1, -0.05) is 18.2 Å². The fourth-order valence-electron chi connectivity index (χ4n) is 2.35. The number of thioether (sulfide) groups is 1. The molecule has 3 rings (SSSR count). The molecule has 0 spiro atoms. The molecule has 0 aliphatic carbocycles. The number of methoxy groups -OCH3 is 1. The van der Waals surface area contributed by atoms with E-state index in [0.29, 0.717) is 27.0 Å². The lowest BCUT2D eigenvalue weighted by Gasteiger charge is -2.02. The number of benzene rings is 1. The molecular weight excluding hydrogens is 346 g/mol. The Morgan fingerprint density at radius 2 is 2.04 bits per heavy atom. The Morgan fingerprint density at radius 1 is 1.25 bits per heavy atom. The molecule has 0 aliphatic rings. The molecule has 1 N–H and O–H groups in total. The fraction of sp³-hybridized carbons (Fsp3) is 0.176. The first kappa shape index (κ1) is 16.6. The van der Waals surface area contributed by atoms with E-state index in [-0.39, 0.29) is 5.91 Å². The number of fused-ring (bicyclic) bond motifs is 1. The SMILES string of the molecule is COC(=O)c1ccc(NC(=O)c2oc3ccccc3c2CSC)s1. The first-order valence-electron chi connectivity index (χ1n) is 7.13. The number of para-hydroxylation sites is 1. The summed E-state index contributed by atoms with van der Waals surface area (Å²) in [6, 6.07) is 10.9. The molecule has 124 valence electrons. The molecule has 0 unspecified atom stereocenters. The highest BCUT2D eigenvalue weighted by molar-refractivity contribution is 7.97. The van der Waals surface area contributed by atoms with E-state index in [4.69, 9.17) is 4.42 Å². The lowest BCUT2D eigenvalue weighted by molar-refractivity contribution is 0.0606. The second-order valence-corrected chi connectivity index (χ2v) is 6.90. The normalized spacial score (nSPS) is 10.8. The summed E-state index contributed by atoms with van der Waals surface area (Å²) in [5, 5.41) is 4.29. The van der Waals surface area contributed by atoms with Gasteiger partial charge in [0.1, 0.15) is 10.5 Å². The predicted octanol–water partition coefficient (Wildman–Crippen LogP) is 4.40. The average molecular weight is 361 g/mol. The molecule has 0 radical (unpaired) electrons. The van der Waals surface area contributed by atoms with Crippen molar-refractivity contribution in [2.75, 3.05) is 18.7 Å². The zero-order chi connectivity index (χ0) is 17.1. The maximum Gasteiger partial charge on any atom is 0.348 e. The molecule has 24 heavy (non-hydrogen) atoms. The average Bonchev–Trinajstić information content (AvgIpc) is 3.20. The minimum atomic E-state index is -0.424. The molecule has 2 aromatic heterocycles. The van der Waals surface area contributed by atoms with Crippen molar-refractivity contribution in [3.63, 3.8) is 0 Å². The van der Waals surface area contributed by atoms with Crippen molar-refractivity contribution < 1.29 is 18.7 Å². The topological polar surface area (TPSA) is 68.5 Å². The summed E-state index contributed by atoms with van der Waals surface area (Å²) >= 11 is 2.79. The van der Waals surface area contributed by atoms with Crippen molar-refractivity contribution in [3.05, 3.63) is 52.6 Å². The Bertz CT molecular complexity index is 897. The number of nitrogens with one attached hydrogen (secondary N) is 1. The fourth-order valence-corrected chi connectivity index (χ4v) is 3.75. The molecular formula is C17H15NO4S2. The van der Waals surface area contributed by atoms with E-state index in [1.54, 1.807) is 23.9 Å². The highest BCUT2D eigenvalue weighted by Crippen LogP contribution is 2.30. The molecule has 0 bridgehead atoms. The highest BCUT2D eigenvalue weighted by atomic mass is 32.2. The van der Waals surface area contributed by atoms with E-state index < -0.39 is 5.97 Å². The maximum atomic E-state index is 12.6. The smallest absolute Gasteiger partial charge is 0.348 e. The number of thiophene rings is 1. The molecule has 0 atom stereocenters. The van der Waals surface area contributed by atoms with Gasteiger partial charge in [-0.05, 0) is 24.5 Å². The van der Waals surface area contributed by atoms with Crippen molar-refractivity contribution in [2.45, 2.75) is 5.75 Å². The third kappa shape index (κ3) is 3.18. The van der Waals surface area contributed by atoms with E-state index in [2.05, 4.69) is 10.1 Å². The molecule has 2 heterocycles. The van der Waals surface area contributed by atoms with E-state index in [1.165, 1.54) is 7.11 Å². The molecule has 5 nitrogen and oxygen atoms in total. The molecule has 0 saturated carbocycles. The maximum absolute atomic E-state index is 12.6. The summed E-state index contributed by atoms with van der Waals surface area (Å²) < 4.78 is 10.4. The highest BCUT2D eigenvalue weighted by Gasteiger charge is 2.21. The van der Waals surface area contributed by atoms with Crippen LogP contribution in [0.15, 0.2) is 40.8 Å². The van der Waals surface area contributed by atoms with Crippen LogP contribution in [-0.2, 0) is 10.5 Å². The monoisotopic (exact) mass is 361 g/mol. The van der Waals surface area contributed by atoms with Crippen molar-refractivity contribution >= 4 is 50.9 Å². The molecule has 1 aromatic carbocycles. The van der Waals surface area contributed by atoms with Gasteiger partial charge in [0, 0.05) is 16.7 Å². The van der Waals surface area contributed by atoms with Crippen LogP contribution in [0.4, 0.5) is 5.00 Å². The number of hydrogen-bond acceptors (Lipinski definition) is 6. The summed E-state index contributed by atoms with van der Waals surface area (Å²) in [4.78, 5) is 24.5. The van der Waals surface area contributed by atoms with Gasteiger partial charge in [0.05, 0.1) is 12.1 Å². The van der Waals surface area contributed by atoms with Gasteiger partial charge in [-0.15, -0.1) is 11.3 Å². The Labute approximate surface area is 147 Å². The predicted molar refractivity (Wildman–Crippen MR) is 97.0 cm³/mol. The number of anilines is 1. The van der Waals surface area contributed by atoms with Gasteiger partial charge >= 0.3 is 5.97 Å². The van der Waals surface area contributed by atoms with Crippen LogP contribution in [0.2, 0.25) is 0 Å². The zero-order valence-electron chi connectivity index (χ0n) is 13.1. The van der Waals surface area contributed by atoms with Gasteiger partial charge in [0.2, 0.25) is 0 Å². The number of furan rings is 1. The third-order valence-corrected chi connectivity index (χ3v) is 4.98. The Morgan fingerprint density at radius 3 is 2.79 bits per heavy atom. The summed E-state index contributed by atoms with van der Waals surface area (Å²) in [7, 11) is 1.32. The lowest BCUT2D eigenvalue weighted by Crippen LogP contribution is -2.11. The van der Waals surface area contributed by atoms with Crippen LogP contribution in [0.1, 0.15) is 25.8 Å². The number of carbonyl (C=O) groups is 2. The number of amides is 1. The number of hydrogen-bond donors (Lipinski definition) is 1. The zero-order valence-corrected chi connectivity index (χ0v) is 14.8. The second kappa shape index (κ2) is 7.11. The van der Waals surface area contributed by atoms with Crippen molar-refractivity contribution in [2.24, 2.45) is 0 Å². The van der Waals surface area contributed by atoms with Crippen LogP contribution in [0.5, 0.6) is 0 Å². The molecule has 0 aliphatic heterocycles. The first-order chi connectivity index (χ1) is 11.6. The van der Waals surface area contributed by atoms with Gasteiger partial charge < -0.3 is 14.5 Å². The Balaban J connectivity index is 1.89. The second-order valence-electron chi connectivity index (χ2n) is 4.95. The van der Waals surface area contributed by atoms with E-state index in [1.807, 2.05) is 30.5 Å². The molecule has 1 amide bonds. The molecule has 0 saturated heterocycles. The Kier molecular flexibility index (Phi) is 4.92. The van der Waals surface area contributed by atoms with Gasteiger partial charge in [0.25, 0.3) is 5.91 Å². The minimum Gasteiger partial charge on any atom is -0.465 e. The van der Waals surface area contributed by atoms with Crippen LogP contribution < -0.4 is 5.32 Å². The van der Waals surface area contributed by atoms with Crippen molar-refractivity contribution in [1.82, 2.24) is 0 Å². The van der Waals surface area contributed by atoms with E-state index in [9.17, 15) is 9.59 Å². The molecule has 7 heteroatoms. The lowest BCUT2D eigenvalue weighted by atomic mass is 10.1. The van der Waals surface area contributed by atoms with Crippen LogP contribution in [0.25, 0.3) is 11.0 Å². The van der Waals surface area contributed by atoms with Gasteiger partial charge in [-0.2, -0.15) is 11.8 Å². The first-order valence-corrected chi connectivity index (χ1v) is 9.34. The number of rotatable bonds is 5. The summed E-state index contributed by atoms with van der Waals surface area (Å²) in [5.74, 6) is 0.233.